The fourth-order valence-corrected chi connectivity index (χ4v) is 1.02. The summed E-state index contributed by atoms with van der Waals surface area (Å²) >= 11 is 0. The highest BCUT2D eigenvalue weighted by atomic mass is 16.3. The molecule has 0 radical (unpaired) electrons. The minimum absolute atomic E-state index is 0.365. The van der Waals surface area contributed by atoms with E-state index in [9.17, 15) is 5.11 Å². The first-order chi connectivity index (χ1) is 5.91. The van der Waals surface area contributed by atoms with Crippen molar-refractivity contribution >= 4 is 0 Å². The van der Waals surface area contributed by atoms with E-state index in [4.69, 9.17) is 0 Å². The fraction of sp³-hybridized carbons (Fsp3) is 0.600. The molecule has 0 atom stereocenters. The molecule has 0 amide bonds. The smallest absolute Gasteiger partial charge is 0.116 e. The molecule has 13 heavy (non-hydrogen) atoms. The molecule has 3 heteroatoms. The van der Waals surface area contributed by atoms with Crippen LogP contribution in [-0.4, -0.2) is 15.1 Å². The van der Waals surface area contributed by atoms with Crippen LogP contribution in [0.2, 0.25) is 0 Å². The van der Waals surface area contributed by atoms with Crippen molar-refractivity contribution < 1.29 is 5.11 Å². The van der Waals surface area contributed by atoms with Crippen molar-refractivity contribution in [3.8, 4) is 0 Å². The Hall–Kier alpha value is -0.960. The van der Waals surface area contributed by atoms with Crippen molar-refractivity contribution in [2.75, 3.05) is 0 Å². The summed E-state index contributed by atoms with van der Waals surface area (Å²) in [5.74, 6) is 0.365. The van der Waals surface area contributed by atoms with E-state index >= 15 is 0 Å². The molecule has 0 saturated carbocycles. The molecular weight excluding hydrogens is 164 g/mol. The maximum atomic E-state index is 9.70. The molecule has 0 saturated heterocycles. The summed E-state index contributed by atoms with van der Waals surface area (Å²) in [6, 6.07) is 1.85. The molecule has 1 aromatic rings. The van der Waals surface area contributed by atoms with Crippen LogP contribution in [0.5, 0.6) is 0 Å². The Morgan fingerprint density at radius 3 is 2.38 bits per heavy atom. The van der Waals surface area contributed by atoms with Crippen LogP contribution in [0, 0.1) is 0 Å². The number of hydrogen-bond acceptors (Lipinski definition) is 3. The maximum absolute atomic E-state index is 9.70. The summed E-state index contributed by atoms with van der Waals surface area (Å²) in [6.45, 7) is 7.58. The number of nitrogens with zero attached hydrogens (tertiary/aromatic N) is 2. The second-order valence-corrected chi connectivity index (χ2v) is 4.04. The summed E-state index contributed by atoms with van der Waals surface area (Å²) in [4.78, 5) is 8.16. The summed E-state index contributed by atoms with van der Waals surface area (Å²) in [5.41, 5.74) is 0.755. The number of rotatable bonds is 2. The Balaban J connectivity index is 3.06. The number of hydrogen-bond donors (Lipinski definition) is 1. The van der Waals surface area contributed by atoms with Crippen LogP contribution in [0.1, 0.15) is 45.0 Å². The molecule has 0 aliphatic heterocycles. The molecule has 0 aromatic carbocycles. The van der Waals surface area contributed by atoms with Crippen LogP contribution in [0.15, 0.2) is 12.4 Å². The van der Waals surface area contributed by atoms with E-state index in [2.05, 4.69) is 23.8 Å². The van der Waals surface area contributed by atoms with Gasteiger partial charge in [-0.3, -0.25) is 0 Å². The van der Waals surface area contributed by atoms with Gasteiger partial charge >= 0.3 is 0 Å². The van der Waals surface area contributed by atoms with Gasteiger partial charge in [-0.2, -0.15) is 0 Å². The standard InChI is InChI=1S/C10H16N2O/c1-7(2)8-5-9(10(3,4)13)12-6-11-8/h5-7,13H,1-4H3. The van der Waals surface area contributed by atoms with Crippen LogP contribution in [-0.2, 0) is 5.60 Å². The predicted octanol–water partition coefficient (Wildman–Crippen LogP) is 1.83. The van der Waals surface area contributed by atoms with Crippen LogP contribution in [0.4, 0.5) is 0 Å². The molecule has 1 rings (SSSR count). The van der Waals surface area contributed by atoms with Crippen molar-refractivity contribution in [1.29, 1.82) is 0 Å². The van der Waals surface area contributed by atoms with Gasteiger partial charge in [-0.05, 0) is 25.8 Å². The average Bonchev–Trinajstić information content (AvgIpc) is 2.03. The molecule has 0 unspecified atom stereocenters. The normalized spacial score (nSPS) is 12.2. The summed E-state index contributed by atoms with van der Waals surface area (Å²) in [6.07, 6.45) is 1.50. The molecule has 1 aromatic heterocycles. The molecule has 3 nitrogen and oxygen atoms in total. The zero-order valence-electron chi connectivity index (χ0n) is 8.57. The molecule has 0 bridgehead atoms. The Bertz CT molecular complexity index is 289. The topological polar surface area (TPSA) is 46.0 Å². The quantitative estimate of drug-likeness (QED) is 0.755. The Labute approximate surface area is 78.9 Å². The van der Waals surface area contributed by atoms with Crippen LogP contribution in [0.25, 0.3) is 0 Å². The van der Waals surface area contributed by atoms with Gasteiger partial charge in [0.05, 0.1) is 5.69 Å². The summed E-state index contributed by atoms with van der Waals surface area (Å²) < 4.78 is 0. The zero-order valence-corrected chi connectivity index (χ0v) is 8.57. The van der Waals surface area contributed by atoms with Crippen molar-refractivity contribution in [3.63, 3.8) is 0 Å². The highest BCUT2D eigenvalue weighted by Gasteiger charge is 2.18. The highest BCUT2D eigenvalue weighted by molar-refractivity contribution is 5.15. The molecule has 1 N–H and O–H groups in total. The fourth-order valence-electron chi connectivity index (χ4n) is 1.02. The van der Waals surface area contributed by atoms with Gasteiger partial charge in [0.25, 0.3) is 0 Å². The third kappa shape index (κ3) is 2.49. The Morgan fingerprint density at radius 2 is 1.92 bits per heavy atom. The van der Waals surface area contributed by atoms with Crippen LogP contribution >= 0.6 is 0 Å². The molecule has 72 valence electrons. The van der Waals surface area contributed by atoms with E-state index in [0.29, 0.717) is 11.6 Å². The van der Waals surface area contributed by atoms with Gasteiger partial charge < -0.3 is 5.11 Å². The summed E-state index contributed by atoms with van der Waals surface area (Å²) in [5, 5.41) is 9.70. The van der Waals surface area contributed by atoms with Gasteiger partial charge in [-0.25, -0.2) is 9.97 Å². The lowest BCUT2D eigenvalue weighted by molar-refractivity contribution is 0.0735. The molecular formula is C10H16N2O. The molecule has 0 fully saturated rings. The van der Waals surface area contributed by atoms with E-state index in [0.717, 1.165) is 5.69 Å². The molecule has 1 heterocycles. The largest absolute Gasteiger partial charge is 0.384 e. The van der Waals surface area contributed by atoms with Gasteiger partial charge in [-0.1, -0.05) is 13.8 Å². The van der Waals surface area contributed by atoms with Gasteiger partial charge in [0, 0.05) is 5.69 Å². The lowest BCUT2D eigenvalue weighted by atomic mass is 10.0. The SMILES string of the molecule is CC(C)c1cc(C(C)(C)O)ncn1. The van der Waals surface area contributed by atoms with E-state index in [-0.39, 0.29) is 0 Å². The van der Waals surface area contributed by atoms with Gasteiger partial charge in [0.2, 0.25) is 0 Å². The van der Waals surface area contributed by atoms with Gasteiger partial charge in [0.1, 0.15) is 11.9 Å². The predicted molar refractivity (Wildman–Crippen MR) is 51.4 cm³/mol. The Morgan fingerprint density at radius 1 is 1.31 bits per heavy atom. The third-order valence-corrected chi connectivity index (χ3v) is 1.91. The first-order valence-electron chi connectivity index (χ1n) is 4.46. The first-order valence-corrected chi connectivity index (χ1v) is 4.46. The van der Waals surface area contributed by atoms with Crippen molar-refractivity contribution in [2.24, 2.45) is 0 Å². The maximum Gasteiger partial charge on any atom is 0.116 e. The van der Waals surface area contributed by atoms with Gasteiger partial charge in [0.15, 0.2) is 0 Å². The number of aliphatic hydroxyl groups is 1. The lowest BCUT2D eigenvalue weighted by Crippen LogP contribution is -2.18. The van der Waals surface area contributed by atoms with E-state index < -0.39 is 5.60 Å². The van der Waals surface area contributed by atoms with Gasteiger partial charge in [-0.15, -0.1) is 0 Å². The Kier molecular flexibility index (Phi) is 2.66. The lowest BCUT2D eigenvalue weighted by Gasteiger charge is -2.17. The zero-order chi connectivity index (χ0) is 10.1. The highest BCUT2D eigenvalue weighted by Crippen LogP contribution is 2.19. The van der Waals surface area contributed by atoms with E-state index in [1.54, 1.807) is 13.8 Å². The van der Waals surface area contributed by atoms with E-state index in [1.807, 2.05) is 6.07 Å². The van der Waals surface area contributed by atoms with Crippen LogP contribution < -0.4 is 0 Å². The third-order valence-electron chi connectivity index (χ3n) is 1.91. The summed E-state index contributed by atoms with van der Waals surface area (Å²) in [7, 11) is 0. The molecule has 0 aliphatic rings. The minimum atomic E-state index is -0.882. The van der Waals surface area contributed by atoms with Crippen LogP contribution in [0.3, 0.4) is 0 Å². The van der Waals surface area contributed by atoms with Crippen molar-refractivity contribution in [3.05, 3.63) is 23.8 Å². The molecule has 0 spiro atoms. The second-order valence-electron chi connectivity index (χ2n) is 4.04. The minimum Gasteiger partial charge on any atom is -0.384 e. The number of aromatic nitrogens is 2. The average molecular weight is 180 g/mol. The van der Waals surface area contributed by atoms with Crippen molar-refractivity contribution in [2.45, 2.75) is 39.2 Å². The monoisotopic (exact) mass is 180 g/mol. The molecule has 0 aliphatic carbocycles. The second kappa shape index (κ2) is 3.42. The first kappa shape index (κ1) is 10.1. The van der Waals surface area contributed by atoms with Crippen molar-refractivity contribution in [1.82, 2.24) is 9.97 Å². The van der Waals surface area contributed by atoms with E-state index in [1.165, 1.54) is 6.33 Å².